The number of methoxy groups -OCH3 is 1. The lowest BCUT2D eigenvalue weighted by Gasteiger charge is -2.12. The van der Waals surface area contributed by atoms with E-state index in [4.69, 9.17) is 16.3 Å². The number of aromatic amines is 1. The first kappa shape index (κ1) is 14.7. The van der Waals surface area contributed by atoms with Gasteiger partial charge in [0.1, 0.15) is 10.6 Å². The van der Waals surface area contributed by atoms with Gasteiger partial charge in [0.05, 0.1) is 18.3 Å². The van der Waals surface area contributed by atoms with Crippen molar-refractivity contribution in [1.82, 2.24) is 4.98 Å². The summed E-state index contributed by atoms with van der Waals surface area (Å²) in [7, 11) is -2.42. The molecule has 114 valence electrons. The predicted molar refractivity (Wildman–Crippen MR) is 87.1 cm³/mol. The van der Waals surface area contributed by atoms with Gasteiger partial charge in [0.2, 0.25) is 0 Å². The number of ether oxygens (including phenoxy) is 1. The van der Waals surface area contributed by atoms with Crippen LogP contribution in [-0.2, 0) is 10.0 Å². The van der Waals surface area contributed by atoms with E-state index < -0.39 is 10.0 Å². The summed E-state index contributed by atoms with van der Waals surface area (Å²) in [6, 6.07) is 11.7. The van der Waals surface area contributed by atoms with Crippen LogP contribution < -0.4 is 9.46 Å². The monoisotopic (exact) mass is 336 g/mol. The SMILES string of the molecule is COc1ccc(Cl)cc1S(=O)(=O)Nc1cccc2cc[nH]c12. The van der Waals surface area contributed by atoms with E-state index in [1.807, 2.05) is 12.1 Å². The van der Waals surface area contributed by atoms with Crippen LogP contribution in [0.2, 0.25) is 5.02 Å². The van der Waals surface area contributed by atoms with Gasteiger partial charge in [0, 0.05) is 16.6 Å². The fourth-order valence-electron chi connectivity index (χ4n) is 2.23. The molecule has 5 nitrogen and oxygen atoms in total. The van der Waals surface area contributed by atoms with Gasteiger partial charge in [-0.15, -0.1) is 0 Å². The summed E-state index contributed by atoms with van der Waals surface area (Å²) >= 11 is 5.91. The number of nitrogens with one attached hydrogen (secondary N) is 2. The molecular formula is C15H13ClN2O3S. The Morgan fingerprint density at radius 1 is 1.18 bits per heavy atom. The first-order valence-corrected chi connectivity index (χ1v) is 8.30. The van der Waals surface area contributed by atoms with Crippen molar-refractivity contribution in [2.24, 2.45) is 0 Å². The average molecular weight is 337 g/mol. The molecule has 0 bridgehead atoms. The molecule has 0 saturated carbocycles. The van der Waals surface area contributed by atoms with Crippen molar-refractivity contribution in [3.8, 4) is 5.75 Å². The van der Waals surface area contributed by atoms with Gasteiger partial charge in [-0.2, -0.15) is 0 Å². The second-order valence-corrected chi connectivity index (χ2v) is 6.74. The second-order valence-electron chi connectivity index (χ2n) is 4.65. The highest BCUT2D eigenvalue weighted by Crippen LogP contribution is 2.30. The maximum absolute atomic E-state index is 12.6. The number of hydrogen-bond acceptors (Lipinski definition) is 3. The van der Waals surface area contributed by atoms with Crippen LogP contribution in [0.1, 0.15) is 0 Å². The number of aromatic nitrogens is 1. The Kier molecular flexibility index (Phi) is 3.72. The standard InChI is InChI=1S/C15H13ClN2O3S/c1-21-13-6-5-11(16)9-14(13)22(19,20)18-12-4-2-3-10-7-8-17-15(10)12/h2-9,17-18H,1H3. The van der Waals surface area contributed by atoms with Crippen molar-refractivity contribution in [3.63, 3.8) is 0 Å². The van der Waals surface area contributed by atoms with Gasteiger partial charge in [0.15, 0.2) is 0 Å². The number of benzene rings is 2. The average Bonchev–Trinajstić information content (AvgIpc) is 2.96. The lowest BCUT2D eigenvalue weighted by atomic mass is 10.2. The van der Waals surface area contributed by atoms with Gasteiger partial charge in [-0.3, -0.25) is 4.72 Å². The first-order valence-electron chi connectivity index (χ1n) is 6.44. The van der Waals surface area contributed by atoms with E-state index in [-0.39, 0.29) is 10.6 Å². The molecule has 0 aliphatic rings. The molecular weight excluding hydrogens is 324 g/mol. The molecule has 7 heteroatoms. The Labute approximate surface area is 132 Å². The minimum Gasteiger partial charge on any atom is -0.495 e. The maximum atomic E-state index is 12.6. The second kappa shape index (κ2) is 5.55. The number of H-pyrrole nitrogens is 1. The first-order chi connectivity index (χ1) is 10.5. The molecule has 2 aromatic carbocycles. The topological polar surface area (TPSA) is 71.2 Å². The van der Waals surface area contributed by atoms with Crippen molar-refractivity contribution in [3.05, 3.63) is 53.7 Å². The van der Waals surface area contributed by atoms with Crippen molar-refractivity contribution in [1.29, 1.82) is 0 Å². The molecule has 0 radical (unpaired) electrons. The number of rotatable bonds is 4. The third-order valence-electron chi connectivity index (χ3n) is 3.25. The summed E-state index contributed by atoms with van der Waals surface area (Å²) in [5.41, 5.74) is 1.18. The maximum Gasteiger partial charge on any atom is 0.265 e. The fraction of sp³-hybridized carbons (Fsp3) is 0.0667. The molecule has 0 atom stereocenters. The normalized spacial score (nSPS) is 11.5. The molecule has 0 amide bonds. The molecule has 3 aromatic rings. The molecule has 1 heterocycles. The van der Waals surface area contributed by atoms with E-state index >= 15 is 0 Å². The molecule has 22 heavy (non-hydrogen) atoms. The predicted octanol–water partition coefficient (Wildman–Crippen LogP) is 3.63. The van der Waals surface area contributed by atoms with E-state index in [9.17, 15) is 8.42 Å². The van der Waals surface area contributed by atoms with Crippen LogP contribution >= 0.6 is 11.6 Å². The zero-order valence-corrected chi connectivity index (χ0v) is 13.2. The van der Waals surface area contributed by atoms with Gasteiger partial charge in [0.25, 0.3) is 10.0 Å². The molecule has 0 spiro atoms. The number of halogens is 1. The Balaban J connectivity index is 2.08. The number of para-hydroxylation sites is 1. The van der Waals surface area contributed by atoms with E-state index in [2.05, 4.69) is 9.71 Å². The van der Waals surface area contributed by atoms with Crippen LogP contribution in [0.5, 0.6) is 5.75 Å². The molecule has 2 N–H and O–H groups in total. The van der Waals surface area contributed by atoms with Crippen molar-refractivity contribution in [2.45, 2.75) is 4.90 Å². The molecule has 0 aliphatic carbocycles. The minimum absolute atomic E-state index is 0.00828. The van der Waals surface area contributed by atoms with E-state index in [0.29, 0.717) is 16.2 Å². The number of anilines is 1. The van der Waals surface area contributed by atoms with Crippen LogP contribution in [0.3, 0.4) is 0 Å². The number of fused-ring (bicyclic) bond motifs is 1. The van der Waals surface area contributed by atoms with Crippen LogP contribution in [-0.4, -0.2) is 20.5 Å². The van der Waals surface area contributed by atoms with Crippen LogP contribution in [0.4, 0.5) is 5.69 Å². The van der Waals surface area contributed by atoms with E-state index in [0.717, 1.165) is 5.39 Å². The zero-order valence-electron chi connectivity index (χ0n) is 11.6. The Morgan fingerprint density at radius 2 is 2.00 bits per heavy atom. The molecule has 1 aromatic heterocycles. The van der Waals surface area contributed by atoms with Crippen molar-refractivity contribution >= 4 is 38.2 Å². The highest BCUT2D eigenvalue weighted by Gasteiger charge is 2.21. The summed E-state index contributed by atoms with van der Waals surface area (Å²) in [6.45, 7) is 0. The molecule has 0 saturated heterocycles. The van der Waals surface area contributed by atoms with Crippen LogP contribution in [0.25, 0.3) is 10.9 Å². The van der Waals surface area contributed by atoms with Crippen molar-refractivity contribution in [2.75, 3.05) is 11.8 Å². The van der Waals surface area contributed by atoms with Gasteiger partial charge in [-0.25, -0.2) is 8.42 Å². The van der Waals surface area contributed by atoms with Crippen LogP contribution in [0, 0.1) is 0 Å². The summed E-state index contributed by atoms with van der Waals surface area (Å²) in [5, 5.41) is 1.23. The summed E-state index contributed by atoms with van der Waals surface area (Å²) < 4.78 is 33.0. The zero-order chi connectivity index (χ0) is 15.7. The Bertz CT molecular complexity index is 935. The fourth-order valence-corrected chi connectivity index (χ4v) is 3.73. The third kappa shape index (κ3) is 2.63. The molecule has 0 fully saturated rings. The van der Waals surface area contributed by atoms with Gasteiger partial charge in [-0.05, 0) is 30.3 Å². The van der Waals surface area contributed by atoms with Gasteiger partial charge < -0.3 is 9.72 Å². The molecule has 0 aliphatic heterocycles. The highest BCUT2D eigenvalue weighted by atomic mass is 35.5. The minimum atomic E-state index is -3.83. The number of hydrogen-bond donors (Lipinski definition) is 2. The molecule has 3 rings (SSSR count). The van der Waals surface area contributed by atoms with Gasteiger partial charge >= 0.3 is 0 Å². The lowest BCUT2D eigenvalue weighted by Crippen LogP contribution is -2.14. The Morgan fingerprint density at radius 3 is 2.77 bits per heavy atom. The third-order valence-corrected chi connectivity index (χ3v) is 4.87. The van der Waals surface area contributed by atoms with E-state index in [1.54, 1.807) is 24.4 Å². The van der Waals surface area contributed by atoms with Crippen LogP contribution in [0.15, 0.2) is 53.6 Å². The smallest absolute Gasteiger partial charge is 0.265 e. The largest absolute Gasteiger partial charge is 0.495 e. The summed E-state index contributed by atoms with van der Waals surface area (Å²) in [6.07, 6.45) is 1.75. The quantitative estimate of drug-likeness (QED) is 0.764. The molecule has 0 unspecified atom stereocenters. The highest BCUT2D eigenvalue weighted by molar-refractivity contribution is 7.92. The van der Waals surface area contributed by atoms with E-state index in [1.165, 1.54) is 19.2 Å². The lowest BCUT2D eigenvalue weighted by molar-refractivity contribution is 0.403. The van der Waals surface area contributed by atoms with Crippen molar-refractivity contribution < 1.29 is 13.2 Å². The summed E-state index contributed by atoms with van der Waals surface area (Å²) in [5.74, 6) is 0.232. The summed E-state index contributed by atoms with van der Waals surface area (Å²) in [4.78, 5) is 3.01. The Hall–Kier alpha value is -2.18. The van der Waals surface area contributed by atoms with Gasteiger partial charge in [-0.1, -0.05) is 23.7 Å². The number of sulfonamides is 1.